The van der Waals surface area contributed by atoms with Crippen LogP contribution in [0.5, 0.6) is 0 Å². The summed E-state index contributed by atoms with van der Waals surface area (Å²) in [5.41, 5.74) is 1.03. The van der Waals surface area contributed by atoms with E-state index in [4.69, 9.17) is 19.1 Å². The molecule has 1 saturated heterocycles. The van der Waals surface area contributed by atoms with Crippen molar-refractivity contribution in [2.75, 3.05) is 40.3 Å². The molecule has 1 aliphatic heterocycles. The number of aryl methyl sites for hydroxylation is 1. The number of likely N-dealkylation sites (tertiary alicyclic amines) is 1. The van der Waals surface area contributed by atoms with Crippen molar-refractivity contribution in [1.82, 2.24) is 20.1 Å². The number of hydrogen-bond donors (Lipinski definition) is 1. The van der Waals surface area contributed by atoms with Gasteiger partial charge in [-0.3, -0.25) is 9.89 Å². The molecule has 2 aromatic heterocycles. The Morgan fingerprint density at radius 2 is 2.17 bits per heavy atom. The lowest BCUT2D eigenvalue weighted by molar-refractivity contribution is 0.119. The minimum atomic E-state index is 0.0222. The van der Waals surface area contributed by atoms with Gasteiger partial charge in [0.15, 0.2) is 5.96 Å². The molecule has 1 N–H and O–H groups in total. The highest BCUT2D eigenvalue weighted by molar-refractivity contribution is 7.09. The van der Waals surface area contributed by atoms with Gasteiger partial charge in [-0.15, -0.1) is 11.3 Å². The number of thiazole rings is 1. The minimum Gasteiger partial charge on any atom is -0.465 e. The lowest BCUT2D eigenvalue weighted by atomic mass is 10.2. The maximum absolute atomic E-state index is 5.98. The third-order valence-corrected chi connectivity index (χ3v) is 6.51. The lowest BCUT2D eigenvalue weighted by Crippen LogP contribution is -2.39. The summed E-state index contributed by atoms with van der Waals surface area (Å²) in [6.07, 6.45) is 2.51. The third kappa shape index (κ3) is 5.83. The molecule has 8 heteroatoms. The topological polar surface area (TPSA) is 66.1 Å². The molecule has 1 fully saturated rings. The average molecular weight is 434 g/mol. The van der Waals surface area contributed by atoms with Gasteiger partial charge < -0.3 is 19.4 Å². The predicted molar refractivity (Wildman–Crippen MR) is 122 cm³/mol. The van der Waals surface area contributed by atoms with Crippen molar-refractivity contribution in [1.29, 1.82) is 0 Å². The normalized spacial score (nSPS) is 17.3. The molecular weight excluding hydrogens is 398 g/mol. The Balaban J connectivity index is 1.71. The number of aliphatic imine (C=N–C) groups is 1. The van der Waals surface area contributed by atoms with Crippen LogP contribution in [0.2, 0.25) is 0 Å². The fourth-order valence-corrected chi connectivity index (χ4v) is 4.56. The Bertz CT molecular complexity index is 812. The van der Waals surface area contributed by atoms with Crippen molar-refractivity contribution in [2.24, 2.45) is 4.99 Å². The molecule has 30 heavy (non-hydrogen) atoms. The molecule has 166 valence electrons. The molecule has 0 aliphatic carbocycles. The van der Waals surface area contributed by atoms with Gasteiger partial charge >= 0.3 is 0 Å². The maximum Gasteiger partial charge on any atom is 0.194 e. The van der Waals surface area contributed by atoms with Gasteiger partial charge in [0, 0.05) is 26.1 Å². The number of nitrogens with zero attached hydrogens (tertiary/aromatic N) is 4. The van der Waals surface area contributed by atoms with Crippen molar-refractivity contribution in [3.05, 3.63) is 39.7 Å². The Labute approximate surface area is 184 Å². The highest BCUT2D eigenvalue weighted by atomic mass is 32.1. The Morgan fingerprint density at radius 3 is 2.80 bits per heavy atom. The van der Waals surface area contributed by atoms with Gasteiger partial charge in [-0.25, -0.2) is 4.98 Å². The second-order valence-electron chi connectivity index (χ2n) is 7.81. The van der Waals surface area contributed by atoms with E-state index >= 15 is 0 Å². The number of nitrogens with one attached hydrogen (secondary N) is 1. The molecule has 0 spiro atoms. The van der Waals surface area contributed by atoms with Gasteiger partial charge in [-0.1, -0.05) is 0 Å². The van der Waals surface area contributed by atoms with Crippen molar-refractivity contribution in [3.8, 4) is 0 Å². The van der Waals surface area contributed by atoms with Crippen molar-refractivity contribution < 1.29 is 9.15 Å². The van der Waals surface area contributed by atoms with Gasteiger partial charge in [0.25, 0.3) is 0 Å². The van der Waals surface area contributed by atoms with Crippen molar-refractivity contribution in [2.45, 2.75) is 52.3 Å². The van der Waals surface area contributed by atoms with Gasteiger partial charge in [0.05, 0.1) is 24.8 Å². The van der Waals surface area contributed by atoms with E-state index < -0.39 is 0 Å². The van der Waals surface area contributed by atoms with E-state index in [-0.39, 0.29) is 12.1 Å². The summed E-state index contributed by atoms with van der Waals surface area (Å²) in [6.45, 7) is 10.5. The third-order valence-electron chi connectivity index (χ3n) is 5.45. The second-order valence-corrected chi connectivity index (χ2v) is 8.70. The number of guanidine groups is 1. The van der Waals surface area contributed by atoms with Gasteiger partial charge in [0.1, 0.15) is 22.6 Å². The van der Waals surface area contributed by atoms with E-state index in [0.717, 1.165) is 47.8 Å². The van der Waals surface area contributed by atoms with Crippen LogP contribution in [0.15, 0.2) is 26.9 Å². The van der Waals surface area contributed by atoms with E-state index in [2.05, 4.69) is 40.5 Å². The molecule has 7 nitrogen and oxygen atoms in total. The SMILES string of the molecule is CCNC(=NCC(c1ccc(C)o1)N1CCCC1)N(C)Cc1csc(C(C)OC)n1. The van der Waals surface area contributed by atoms with Crippen molar-refractivity contribution in [3.63, 3.8) is 0 Å². The number of furan rings is 1. The molecule has 3 rings (SSSR count). The number of hydrogen-bond acceptors (Lipinski definition) is 6. The molecule has 2 atom stereocenters. The molecule has 2 unspecified atom stereocenters. The number of aromatic nitrogens is 1. The van der Waals surface area contributed by atoms with Gasteiger partial charge in [0.2, 0.25) is 0 Å². The quantitative estimate of drug-likeness (QED) is 0.477. The van der Waals surface area contributed by atoms with Gasteiger partial charge in [-0.05, 0) is 58.8 Å². The highest BCUT2D eigenvalue weighted by Crippen LogP contribution is 2.27. The summed E-state index contributed by atoms with van der Waals surface area (Å²) < 4.78 is 11.4. The summed E-state index contributed by atoms with van der Waals surface area (Å²) >= 11 is 1.64. The van der Waals surface area contributed by atoms with E-state index in [1.165, 1.54) is 12.8 Å². The smallest absolute Gasteiger partial charge is 0.194 e. The lowest BCUT2D eigenvalue weighted by Gasteiger charge is -2.26. The fraction of sp³-hybridized carbons (Fsp3) is 0.636. The van der Waals surface area contributed by atoms with E-state index in [9.17, 15) is 0 Å². The fourth-order valence-electron chi connectivity index (χ4n) is 3.71. The van der Waals surface area contributed by atoms with Crippen LogP contribution in [0.1, 0.15) is 61.1 Å². The Kier molecular flexibility index (Phi) is 8.30. The first-order chi connectivity index (χ1) is 14.5. The van der Waals surface area contributed by atoms with Crippen molar-refractivity contribution >= 4 is 17.3 Å². The molecule has 2 aromatic rings. The average Bonchev–Trinajstić information content (AvgIpc) is 3.49. The summed E-state index contributed by atoms with van der Waals surface area (Å²) in [7, 11) is 3.77. The second kappa shape index (κ2) is 10.9. The first-order valence-electron chi connectivity index (χ1n) is 10.8. The summed E-state index contributed by atoms with van der Waals surface area (Å²) in [6, 6.07) is 4.31. The van der Waals surface area contributed by atoms with Crippen LogP contribution >= 0.6 is 11.3 Å². The van der Waals surface area contributed by atoms with E-state index in [1.807, 2.05) is 19.9 Å². The molecule has 0 bridgehead atoms. The van der Waals surface area contributed by atoms with Crippen LogP contribution in [-0.4, -0.2) is 61.1 Å². The Morgan fingerprint density at radius 1 is 1.40 bits per heavy atom. The molecule has 0 saturated carbocycles. The predicted octanol–water partition coefficient (Wildman–Crippen LogP) is 3.99. The van der Waals surface area contributed by atoms with Crippen LogP contribution < -0.4 is 5.32 Å². The zero-order valence-corrected chi connectivity index (χ0v) is 19.7. The number of rotatable bonds is 9. The van der Waals surface area contributed by atoms with Crippen LogP contribution in [0, 0.1) is 6.92 Å². The van der Waals surface area contributed by atoms with Crippen LogP contribution in [-0.2, 0) is 11.3 Å². The molecular formula is C22H35N5O2S. The largest absolute Gasteiger partial charge is 0.465 e. The Hall–Kier alpha value is -1.90. The molecule has 0 radical (unpaired) electrons. The standard InChI is InChI=1S/C22H35N5O2S/c1-6-23-22(26(4)14-18-15-30-21(25-18)17(3)28-5)24-13-19(27-11-7-8-12-27)20-10-9-16(2)29-20/h9-10,15,17,19H,6-8,11-14H2,1-5H3,(H,23,24). The zero-order valence-electron chi connectivity index (χ0n) is 18.9. The summed E-state index contributed by atoms with van der Waals surface area (Å²) in [5, 5.41) is 6.53. The van der Waals surface area contributed by atoms with Crippen LogP contribution in [0.25, 0.3) is 0 Å². The number of ether oxygens (including phenoxy) is 1. The van der Waals surface area contributed by atoms with Crippen LogP contribution in [0.4, 0.5) is 0 Å². The molecule has 1 aliphatic rings. The molecule has 0 aromatic carbocycles. The summed E-state index contributed by atoms with van der Waals surface area (Å²) in [4.78, 5) is 14.3. The number of methoxy groups -OCH3 is 1. The van der Waals surface area contributed by atoms with E-state index in [1.54, 1.807) is 18.4 Å². The summed E-state index contributed by atoms with van der Waals surface area (Å²) in [5.74, 6) is 2.85. The van der Waals surface area contributed by atoms with E-state index in [0.29, 0.717) is 13.1 Å². The first-order valence-corrected chi connectivity index (χ1v) is 11.7. The molecule has 0 amide bonds. The van der Waals surface area contributed by atoms with Crippen LogP contribution in [0.3, 0.4) is 0 Å². The molecule has 3 heterocycles. The minimum absolute atomic E-state index is 0.0222. The first kappa shape index (κ1) is 22.8. The highest BCUT2D eigenvalue weighted by Gasteiger charge is 2.26. The zero-order chi connectivity index (χ0) is 21.5. The maximum atomic E-state index is 5.98. The van der Waals surface area contributed by atoms with Gasteiger partial charge in [-0.2, -0.15) is 0 Å². The monoisotopic (exact) mass is 433 g/mol.